The minimum Gasteiger partial charge on any atom is -0.306 e. The van der Waals surface area contributed by atoms with Gasteiger partial charge in [0.1, 0.15) is 0 Å². The van der Waals surface area contributed by atoms with Crippen molar-refractivity contribution in [1.29, 1.82) is 0 Å². The molecule has 0 aromatic heterocycles. The highest BCUT2D eigenvalue weighted by Gasteiger charge is 2.52. The van der Waals surface area contributed by atoms with Crippen LogP contribution in [0.15, 0.2) is 29.2 Å². The number of aryl methyl sites for hydroxylation is 1. The maximum atomic E-state index is 12.6. The fraction of sp³-hybridized carbons (Fsp3) is 0.684. The first-order valence-corrected chi connectivity index (χ1v) is 10.2. The third-order valence-corrected chi connectivity index (χ3v) is 7.77. The lowest BCUT2D eigenvalue weighted by Crippen LogP contribution is -2.55. The summed E-state index contributed by atoms with van der Waals surface area (Å²) in [6, 6.07) is 6.89. The first-order valence-electron chi connectivity index (χ1n) is 8.82. The van der Waals surface area contributed by atoms with Gasteiger partial charge in [0, 0.05) is 6.54 Å². The highest BCUT2D eigenvalue weighted by molar-refractivity contribution is 7.86. The van der Waals surface area contributed by atoms with Gasteiger partial charge in [0.25, 0.3) is 10.1 Å². The minimum absolute atomic E-state index is 0.144. The summed E-state index contributed by atoms with van der Waals surface area (Å²) in [6.45, 7) is 8.77. The summed E-state index contributed by atoms with van der Waals surface area (Å²) in [5.74, 6) is 0. The molecule has 1 aliphatic carbocycles. The zero-order chi connectivity index (χ0) is 17.6. The molecule has 2 fully saturated rings. The van der Waals surface area contributed by atoms with E-state index < -0.39 is 10.1 Å². The predicted molar refractivity (Wildman–Crippen MR) is 95.4 cm³/mol. The van der Waals surface area contributed by atoms with Crippen LogP contribution in [0.25, 0.3) is 0 Å². The Morgan fingerprint density at radius 3 is 2.46 bits per heavy atom. The molecule has 1 heterocycles. The summed E-state index contributed by atoms with van der Waals surface area (Å²) in [6.07, 6.45) is 3.54. The van der Waals surface area contributed by atoms with E-state index in [1.165, 1.54) is 0 Å². The van der Waals surface area contributed by atoms with Gasteiger partial charge in [-0.1, -0.05) is 31.5 Å². The Hall–Kier alpha value is -0.910. The van der Waals surface area contributed by atoms with Crippen LogP contribution >= 0.6 is 0 Å². The van der Waals surface area contributed by atoms with Crippen molar-refractivity contribution in [3.05, 3.63) is 29.8 Å². The second-order valence-corrected chi connectivity index (χ2v) is 9.91. The molecule has 0 spiro atoms. The monoisotopic (exact) mass is 351 g/mol. The molecule has 4 nitrogen and oxygen atoms in total. The Balaban J connectivity index is 1.75. The zero-order valence-corrected chi connectivity index (χ0v) is 16.0. The van der Waals surface area contributed by atoms with Gasteiger partial charge >= 0.3 is 0 Å². The molecule has 0 N–H and O–H groups in total. The van der Waals surface area contributed by atoms with E-state index in [-0.39, 0.29) is 21.8 Å². The molecule has 1 aliphatic heterocycles. The molecule has 1 saturated heterocycles. The van der Waals surface area contributed by atoms with Gasteiger partial charge in [0.15, 0.2) is 0 Å². The van der Waals surface area contributed by atoms with Crippen molar-refractivity contribution in [2.75, 3.05) is 20.1 Å². The van der Waals surface area contributed by atoms with Crippen molar-refractivity contribution in [1.82, 2.24) is 4.90 Å². The third kappa shape index (κ3) is 3.26. The molecule has 24 heavy (non-hydrogen) atoms. The Morgan fingerprint density at radius 1 is 1.12 bits per heavy atom. The maximum absolute atomic E-state index is 12.6. The van der Waals surface area contributed by atoms with Crippen molar-refractivity contribution in [2.45, 2.75) is 57.5 Å². The molecule has 0 radical (unpaired) electrons. The molecule has 134 valence electrons. The van der Waals surface area contributed by atoms with Gasteiger partial charge in [-0.05, 0) is 69.2 Å². The largest absolute Gasteiger partial charge is 0.306 e. The lowest BCUT2D eigenvalue weighted by Gasteiger charge is -2.57. The Bertz CT molecular complexity index is 700. The highest BCUT2D eigenvalue weighted by Crippen LogP contribution is 2.55. The van der Waals surface area contributed by atoms with Gasteiger partial charge in [-0.25, -0.2) is 0 Å². The normalized spacial score (nSPS) is 34.8. The first-order chi connectivity index (χ1) is 11.1. The third-order valence-electron chi connectivity index (χ3n) is 6.39. The average molecular weight is 352 g/mol. The second-order valence-electron chi connectivity index (χ2n) is 8.34. The Morgan fingerprint density at radius 2 is 1.79 bits per heavy atom. The summed E-state index contributed by atoms with van der Waals surface area (Å²) < 4.78 is 30.8. The molecule has 1 aromatic carbocycles. The number of piperidine rings is 1. The van der Waals surface area contributed by atoms with Crippen molar-refractivity contribution in [3.8, 4) is 0 Å². The van der Waals surface area contributed by atoms with Crippen molar-refractivity contribution < 1.29 is 12.6 Å². The van der Waals surface area contributed by atoms with E-state index in [1.807, 2.05) is 19.1 Å². The van der Waals surface area contributed by atoms with Crippen LogP contribution in [-0.4, -0.2) is 39.6 Å². The summed E-state index contributed by atoms with van der Waals surface area (Å²) in [4.78, 5) is 2.65. The average Bonchev–Trinajstić information content (AvgIpc) is 2.49. The number of benzene rings is 1. The van der Waals surface area contributed by atoms with E-state index in [4.69, 9.17) is 4.18 Å². The summed E-state index contributed by atoms with van der Waals surface area (Å²) in [5.41, 5.74) is 1.43. The van der Waals surface area contributed by atoms with Gasteiger partial charge in [-0.2, -0.15) is 8.42 Å². The van der Waals surface area contributed by atoms with Crippen LogP contribution in [-0.2, 0) is 14.3 Å². The number of likely N-dealkylation sites (tertiary alicyclic amines) is 1. The molecule has 0 amide bonds. The second kappa shape index (κ2) is 6.11. The zero-order valence-electron chi connectivity index (χ0n) is 15.2. The van der Waals surface area contributed by atoms with Gasteiger partial charge in [0.05, 0.1) is 11.0 Å². The molecule has 5 heteroatoms. The van der Waals surface area contributed by atoms with Crippen LogP contribution < -0.4 is 0 Å². The molecule has 1 aromatic rings. The van der Waals surface area contributed by atoms with Crippen LogP contribution in [0.5, 0.6) is 0 Å². The summed E-state index contributed by atoms with van der Waals surface area (Å²) >= 11 is 0. The number of hydrogen-bond acceptors (Lipinski definition) is 4. The lowest BCUT2D eigenvalue weighted by molar-refractivity contribution is -0.0877. The van der Waals surface area contributed by atoms with Crippen LogP contribution in [0.4, 0.5) is 0 Å². The highest BCUT2D eigenvalue weighted by atomic mass is 32.2. The van der Waals surface area contributed by atoms with E-state index in [9.17, 15) is 8.42 Å². The fourth-order valence-corrected chi connectivity index (χ4v) is 5.54. The molecular formula is C19H29NO3S. The fourth-order valence-electron chi connectivity index (χ4n) is 4.44. The predicted octanol–water partition coefficient (Wildman–Crippen LogP) is 3.60. The minimum atomic E-state index is -3.68. The van der Waals surface area contributed by atoms with Crippen LogP contribution in [0, 0.1) is 17.8 Å². The molecular weight excluding hydrogens is 322 g/mol. The van der Waals surface area contributed by atoms with E-state index in [2.05, 4.69) is 25.8 Å². The standard InChI is InChI=1S/C19H29NO3S/c1-15-5-7-17(8-6-15)24(21,22)23-16-9-10-19(3)14-20(4)12-11-18(19,2)13-16/h5-8,16H,9-14H2,1-4H3/t16-,18+,19-/m1/s1. The maximum Gasteiger partial charge on any atom is 0.297 e. The van der Waals surface area contributed by atoms with E-state index in [1.54, 1.807) is 12.1 Å². The molecule has 2 aliphatic rings. The smallest absolute Gasteiger partial charge is 0.297 e. The quantitative estimate of drug-likeness (QED) is 0.781. The van der Waals surface area contributed by atoms with Crippen molar-refractivity contribution in [3.63, 3.8) is 0 Å². The molecule has 0 bridgehead atoms. The van der Waals surface area contributed by atoms with Gasteiger partial charge in [0.2, 0.25) is 0 Å². The topological polar surface area (TPSA) is 46.6 Å². The van der Waals surface area contributed by atoms with E-state index >= 15 is 0 Å². The summed E-state index contributed by atoms with van der Waals surface area (Å²) in [5, 5.41) is 0. The van der Waals surface area contributed by atoms with Crippen molar-refractivity contribution in [2.24, 2.45) is 10.8 Å². The lowest BCUT2D eigenvalue weighted by atomic mass is 9.54. The van der Waals surface area contributed by atoms with E-state index in [0.717, 1.165) is 44.3 Å². The van der Waals surface area contributed by atoms with E-state index in [0.29, 0.717) is 0 Å². The van der Waals surface area contributed by atoms with Gasteiger partial charge < -0.3 is 4.90 Å². The van der Waals surface area contributed by atoms with Crippen LogP contribution in [0.2, 0.25) is 0 Å². The number of rotatable bonds is 3. The molecule has 3 rings (SSSR count). The number of hydrogen-bond donors (Lipinski definition) is 0. The molecule has 1 saturated carbocycles. The Kier molecular flexibility index (Phi) is 4.56. The number of nitrogens with zero attached hydrogens (tertiary/aromatic N) is 1. The van der Waals surface area contributed by atoms with Crippen LogP contribution in [0.3, 0.4) is 0 Å². The van der Waals surface area contributed by atoms with Gasteiger partial charge in [-0.3, -0.25) is 4.18 Å². The molecule has 3 atom stereocenters. The Labute approximate surface area is 146 Å². The SMILES string of the molecule is Cc1ccc(S(=O)(=O)O[C@@H]2CC[C@]3(C)CN(C)CC[C@@]3(C)C2)cc1. The summed E-state index contributed by atoms with van der Waals surface area (Å²) in [7, 11) is -1.51. The van der Waals surface area contributed by atoms with Gasteiger partial charge in [-0.15, -0.1) is 0 Å². The van der Waals surface area contributed by atoms with Crippen molar-refractivity contribution >= 4 is 10.1 Å². The first kappa shape index (κ1) is 17.9. The molecule has 0 unspecified atom stereocenters. The number of fused-ring (bicyclic) bond motifs is 1. The van der Waals surface area contributed by atoms with Crippen LogP contribution in [0.1, 0.15) is 45.1 Å².